The maximum absolute atomic E-state index is 12.5. The number of nitrogens with one attached hydrogen (secondary N) is 1. The van der Waals surface area contributed by atoms with Crippen molar-refractivity contribution in [1.29, 1.82) is 0 Å². The van der Waals surface area contributed by atoms with Crippen molar-refractivity contribution in [3.8, 4) is 5.75 Å². The minimum Gasteiger partial charge on any atom is -0.495 e. The summed E-state index contributed by atoms with van der Waals surface area (Å²) in [6.45, 7) is 1.38. The Morgan fingerprint density at radius 1 is 1.15 bits per heavy atom. The van der Waals surface area contributed by atoms with Gasteiger partial charge in [-0.05, 0) is 37.1 Å². The van der Waals surface area contributed by atoms with Crippen LogP contribution >= 0.6 is 0 Å². The summed E-state index contributed by atoms with van der Waals surface area (Å²) in [7, 11) is 1.58. The van der Waals surface area contributed by atoms with Crippen molar-refractivity contribution in [2.75, 3.05) is 30.4 Å². The monoisotopic (exact) mass is 355 g/mol. The fourth-order valence-electron chi connectivity index (χ4n) is 2.98. The number of nitrogens with two attached hydrogens (primary N) is 1. The highest BCUT2D eigenvalue weighted by molar-refractivity contribution is 5.94. The topological polar surface area (TPSA) is 110 Å². The second kappa shape index (κ2) is 7.81. The van der Waals surface area contributed by atoms with E-state index >= 15 is 0 Å². The van der Waals surface area contributed by atoms with E-state index in [4.69, 9.17) is 10.5 Å². The summed E-state index contributed by atoms with van der Waals surface area (Å²) in [5, 5.41) is 10.8. The van der Waals surface area contributed by atoms with Crippen molar-refractivity contribution in [3.05, 3.63) is 42.1 Å². The minimum absolute atomic E-state index is 0.00990. The van der Waals surface area contributed by atoms with Crippen LogP contribution in [0, 0.1) is 5.92 Å². The zero-order valence-electron chi connectivity index (χ0n) is 14.5. The number of hydrogen-bond donors (Lipinski definition) is 2. The lowest BCUT2D eigenvalue weighted by Gasteiger charge is -2.31. The highest BCUT2D eigenvalue weighted by atomic mass is 16.5. The third kappa shape index (κ3) is 3.90. The number of benzene rings is 1. The molecule has 3 rings (SSSR count). The van der Waals surface area contributed by atoms with Crippen LogP contribution in [0.4, 0.5) is 11.5 Å². The van der Waals surface area contributed by atoms with Crippen LogP contribution in [0.2, 0.25) is 0 Å². The van der Waals surface area contributed by atoms with Gasteiger partial charge in [0, 0.05) is 19.0 Å². The second-order valence-corrected chi connectivity index (χ2v) is 6.09. The lowest BCUT2D eigenvalue weighted by Crippen LogP contribution is -2.38. The molecule has 1 aromatic heterocycles. The average molecular weight is 355 g/mol. The van der Waals surface area contributed by atoms with Crippen LogP contribution in [-0.4, -0.2) is 42.2 Å². The number of aromatic nitrogens is 2. The van der Waals surface area contributed by atoms with Crippen molar-refractivity contribution in [3.63, 3.8) is 0 Å². The molecular formula is C18H21N5O3. The molecule has 1 aliphatic rings. The SMILES string of the molecule is COc1ccccc1NC(=O)C1CCN(c2ccc(C(N)=O)nn2)CC1. The first kappa shape index (κ1) is 17.7. The van der Waals surface area contributed by atoms with Gasteiger partial charge in [0.15, 0.2) is 11.5 Å². The van der Waals surface area contributed by atoms with E-state index in [1.165, 1.54) is 0 Å². The molecule has 0 radical (unpaired) electrons. The molecule has 2 amide bonds. The van der Waals surface area contributed by atoms with Crippen LogP contribution in [-0.2, 0) is 4.79 Å². The van der Waals surface area contributed by atoms with Crippen LogP contribution in [0.15, 0.2) is 36.4 Å². The zero-order chi connectivity index (χ0) is 18.5. The van der Waals surface area contributed by atoms with Gasteiger partial charge in [-0.2, -0.15) is 0 Å². The number of hydrogen-bond acceptors (Lipinski definition) is 6. The number of ether oxygens (including phenoxy) is 1. The van der Waals surface area contributed by atoms with Gasteiger partial charge in [0.25, 0.3) is 5.91 Å². The van der Waals surface area contributed by atoms with Crippen LogP contribution < -0.4 is 20.7 Å². The Balaban J connectivity index is 1.57. The number of methoxy groups -OCH3 is 1. The average Bonchev–Trinajstić information content (AvgIpc) is 2.68. The molecule has 1 aliphatic heterocycles. The van der Waals surface area contributed by atoms with E-state index in [0.29, 0.717) is 43.2 Å². The number of anilines is 2. The van der Waals surface area contributed by atoms with Gasteiger partial charge in [-0.3, -0.25) is 9.59 Å². The van der Waals surface area contributed by atoms with E-state index in [1.807, 2.05) is 29.2 Å². The number of carbonyl (C=O) groups is 2. The fraction of sp³-hybridized carbons (Fsp3) is 0.333. The highest BCUT2D eigenvalue weighted by Gasteiger charge is 2.26. The number of para-hydroxylation sites is 2. The molecule has 8 heteroatoms. The van der Waals surface area contributed by atoms with E-state index in [0.717, 1.165) is 0 Å². The molecule has 136 valence electrons. The van der Waals surface area contributed by atoms with E-state index in [9.17, 15) is 9.59 Å². The third-order valence-corrected chi connectivity index (χ3v) is 4.46. The van der Waals surface area contributed by atoms with Crippen LogP contribution in [0.3, 0.4) is 0 Å². The van der Waals surface area contributed by atoms with Crippen molar-refractivity contribution < 1.29 is 14.3 Å². The molecule has 0 atom stereocenters. The lowest BCUT2D eigenvalue weighted by molar-refractivity contribution is -0.120. The molecule has 8 nitrogen and oxygen atoms in total. The number of carbonyl (C=O) groups excluding carboxylic acids is 2. The van der Waals surface area contributed by atoms with Gasteiger partial charge < -0.3 is 20.7 Å². The summed E-state index contributed by atoms with van der Waals surface area (Å²) in [6, 6.07) is 10.6. The zero-order valence-corrected chi connectivity index (χ0v) is 14.5. The number of amides is 2. The maximum atomic E-state index is 12.5. The molecule has 0 spiro atoms. The standard InChI is InChI=1S/C18H21N5O3/c1-26-15-5-3-2-4-13(15)20-18(25)12-8-10-23(11-9-12)16-7-6-14(17(19)24)21-22-16/h2-7,12H,8-11H2,1H3,(H2,19,24)(H,20,25). The predicted octanol–water partition coefficient (Wildman–Crippen LogP) is 1.44. The molecule has 1 saturated heterocycles. The molecule has 1 aromatic carbocycles. The van der Waals surface area contributed by atoms with E-state index in [2.05, 4.69) is 15.5 Å². The van der Waals surface area contributed by atoms with E-state index < -0.39 is 5.91 Å². The van der Waals surface area contributed by atoms with Crippen LogP contribution in [0.1, 0.15) is 23.3 Å². The number of nitrogens with zero attached hydrogens (tertiary/aromatic N) is 3. The predicted molar refractivity (Wildman–Crippen MR) is 97.1 cm³/mol. The highest BCUT2D eigenvalue weighted by Crippen LogP contribution is 2.26. The Morgan fingerprint density at radius 2 is 1.88 bits per heavy atom. The van der Waals surface area contributed by atoms with Gasteiger partial charge in [0.2, 0.25) is 5.91 Å². The third-order valence-electron chi connectivity index (χ3n) is 4.46. The number of piperidine rings is 1. The summed E-state index contributed by atoms with van der Waals surface area (Å²) in [5.74, 6) is 0.635. The minimum atomic E-state index is -0.601. The Labute approximate surface area is 151 Å². The smallest absolute Gasteiger partial charge is 0.269 e. The first-order valence-corrected chi connectivity index (χ1v) is 8.41. The molecule has 0 unspecified atom stereocenters. The summed E-state index contributed by atoms with van der Waals surface area (Å²) >= 11 is 0. The summed E-state index contributed by atoms with van der Waals surface area (Å²) < 4.78 is 5.26. The van der Waals surface area contributed by atoms with Crippen molar-refractivity contribution >= 4 is 23.3 Å². The quantitative estimate of drug-likeness (QED) is 0.840. The number of rotatable bonds is 5. The Hall–Kier alpha value is -3.16. The molecule has 1 fully saturated rings. The molecular weight excluding hydrogens is 334 g/mol. The lowest BCUT2D eigenvalue weighted by atomic mass is 9.95. The molecule has 2 aromatic rings. The molecule has 0 aliphatic carbocycles. The van der Waals surface area contributed by atoms with Crippen molar-refractivity contribution in [2.45, 2.75) is 12.8 Å². The summed E-state index contributed by atoms with van der Waals surface area (Å²) in [4.78, 5) is 25.6. The Kier molecular flexibility index (Phi) is 5.31. The van der Waals surface area contributed by atoms with Gasteiger partial charge in [0.1, 0.15) is 5.75 Å². The van der Waals surface area contributed by atoms with Crippen molar-refractivity contribution in [2.24, 2.45) is 11.7 Å². The molecule has 0 bridgehead atoms. The van der Waals surface area contributed by atoms with Crippen molar-refractivity contribution in [1.82, 2.24) is 10.2 Å². The van der Waals surface area contributed by atoms with Gasteiger partial charge >= 0.3 is 0 Å². The molecule has 2 heterocycles. The van der Waals surface area contributed by atoms with Gasteiger partial charge in [0.05, 0.1) is 12.8 Å². The number of primary amides is 1. The van der Waals surface area contributed by atoms with Crippen LogP contribution in [0.25, 0.3) is 0 Å². The normalized spacial score (nSPS) is 14.7. The Bertz CT molecular complexity index is 786. The van der Waals surface area contributed by atoms with E-state index in [-0.39, 0.29) is 17.5 Å². The van der Waals surface area contributed by atoms with Gasteiger partial charge in [-0.25, -0.2) is 0 Å². The maximum Gasteiger partial charge on any atom is 0.269 e. The fourth-order valence-corrected chi connectivity index (χ4v) is 2.98. The first-order valence-electron chi connectivity index (χ1n) is 8.41. The molecule has 0 saturated carbocycles. The molecule has 3 N–H and O–H groups in total. The van der Waals surface area contributed by atoms with Gasteiger partial charge in [-0.1, -0.05) is 12.1 Å². The Morgan fingerprint density at radius 3 is 2.50 bits per heavy atom. The largest absolute Gasteiger partial charge is 0.495 e. The first-order chi connectivity index (χ1) is 12.6. The van der Waals surface area contributed by atoms with Crippen LogP contribution in [0.5, 0.6) is 5.75 Å². The summed E-state index contributed by atoms with van der Waals surface area (Å²) in [5.41, 5.74) is 5.98. The van der Waals surface area contributed by atoms with Gasteiger partial charge in [-0.15, -0.1) is 10.2 Å². The summed E-state index contributed by atoms with van der Waals surface area (Å²) in [6.07, 6.45) is 1.42. The molecule has 26 heavy (non-hydrogen) atoms. The van der Waals surface area contributed by atoms with E-state index in [1.54, 1.807) is 19.2 Å². The second-order valence-electron chi connectivity index (χ2n) is 6.09.